The van der Waals surface area contributed by atoms with E-state index >= 15 is 0 Å². The van der Waals surface area contributed by atoms with E-state index < -0.39 is 0 Å². The molecule has 0 aromatic rings. The second-order valence-corrected chi connectivity index (χ2v) is 8.30. The van der Waals surface area contributed by atoms with Crippen molar-refractivity contribution in [3.05, 3.63) is 0 Å². The van der Waals surface area contributed by atoms with Gasteiger partial charge in [0.15, 0.2) is 0 Å². The van der Waals surface area contributed by atoms with E-state index in [9.17, 15) is 9.90 Å². The maximum Gasteiger partial charge on any atom is 0.220 e. The lowest BCUT2D eigenvalue weighted by Gasteiger charge is -2.56. The van der Waals surface area contributed by atoms with E-state index in [2.05, 4.69) is 5.32 Å². The Bertz CT molecular complexity index is 367. The number of amides is 1. The van der Waals surface area contributed by atoms with Gasteiger partial charge in [0.05, 0.1) is 6.10 Å². The minimum atomic E-state index is -0.310. The van der Waals surface area contributed by atoms with Crippen molar-refractivity contribution in [1.82, 2.24) is 5.32 Å². The summed E-state index contributed by atoms with van der Waals surface area (Å²) in [7, 11) is 0. The lowest BCUT2D eigenvalue weighted by atomic mass is 9.49. The molecule has 5 fully saturated rings. The number of rotatable bonds is 5. The van der Waals surface area contributed by atoms with Gasteiger partial charge < -0.3 is 10.4 Å². The first-order chi connectivity index (χ1) is 9.62. The molecule has 0 aromatic carbocycles. The summed E-state index contributed by atoms with van der Waals surface area (Å²) in [6, 6.07) is 0. The van der Waals surface area contributed by atoms with Crippen LogP contribution in [0.3, 0.4) is 0 Å². The molecule has 0 aliphatic heterocycles. The van der Waals surface area contributed by atoms with Crippen LogP contribution < -0.4 is 5.32 Å². The standard InChI is InChI=1S/C17H27NO2/c19-15(14-1-2-14)10-18-16(20)9-17-6-11-3-12(7-17)5-13(4-11)8-17/h11-15,19H,1-10H2,(H,18,20). The second-order valence-electron chi connectivity index (χ2n) is 8.30. The Labute approximate surface area is 121 Å². The summed E-state index contributed by atoms with van der Waals surface area (Å²) in [5, 5.41) is 12.8. The van der Waals surface area contributed by atoms with Crippen LogP contribution in [0.5, 0.6) is 0 Å². The van der Waals surface area contributed by atoms with Crippen LogP contribution >= 0.6 is 0 Å². The highest BCUT2D eigenvalue weighted by molar-refractivity contribution is 5.76. The van der Waals surface area contributed by atoms with Gasteiger partial charge in [0.1, 0.15) is 0 Å². The number of carbonyl (C=O) groups excluding carboxylic acids is 1. The van der Waals surface area contributed by atoms with Crippen molar-refractivity contribution >= 4 is 5.91 Å². The first kappa shape index (κ1) is 13.1. The molecule has 3 nitrogen and oxygen atoms in total. The molecule has 1 unspecified atom stereocenters. The van der Waals surface area contributed by atoms with Crippen LogP contribution in [0, 0.1) is 29.1 Å². The van der Waals surface area contributed by atoms with E-state index in [1.807, 2.05) is 0 Å². The molecular weight excluding hydrogens is 250 g/mol. The quantitative estimate of drug-likeness (QED) is 0.811. The smallest absolute Gasteiger partial charge is 0.220 e. The Kier molecular flexibility index (Phi) is 3.10. The average molecular weight is 277 g/mol. The third kappa shape index (κ3) is 2.49. The van der Waals surface area contributed by atoms with Gasteiger partial charge in [-0.2, -0.15) is 0 Å². The molecule has 5 aliphatic rings. The number of aliphatic hydroxyl groups is 1. The van der Waals surface area contributed by atoms with Crippen LogP contribution in [0.25, 0.3) is 0 Å². The minimum absolute atomic E-state index is 0.187. The number of hydrogen-bond acceptors (Lipinski definition) is 2. The van der Waals surface area contributed by atoms with Crippen LogP contribution in [0.15, 0.2) is 0 Å². The van der Waals surface area contributed by atoms with Crippen LogP contribution in [0.4, 0.5) is 0 Å². The van der Waals surface area contributed by atoms with Gasteiger partial charge in [0.2, 0.25) is 5.91 Å². The van der Waals surface area contributed by atoms with Crippen molar-refractivity contribution in [2.45, 2.75) is 63.9 Å². The zero-order chi connectivity index (χ0) is 13.7. The van der Waals surface area contributed by atoms with Gasteiger partial charge in [0.25, 0.3) is 0 Å². The molecule has 5 saturated carbocycles. The predicted molar refractivity (Wildman–Crippen MR) is 77.0 cm³/mol. The molecule has 20 heavy (non-hydrogen) atoms. The summed E-state index contributed by atoms with van der Waals surface area (Å²) in [6.45, 7) is 0.468. The largest absolute Gasteiger partial charge is 0.391 e. The molecular formula is C17H27NO2. The predicted octanol–water partition coefficient (Wildman–Crippen LogP) is 2.48. The number of aliphatic hydroxyl groups excluding tert-OH is 1. The molecule has 0 saturated heterocycles. The topological polar surface area (TPSA) is 49.3 Å². The van der Waals surface area contributed by atoms with E-state index in [1.165, 1.54) is 38.5 Å². The molecule has 0 radical (unpaired) electrons. The second kappa shape index (κ2) is 4.72. The van der Waals surface area contributed by atoms with E-state index in [0.717, 1.165) is 30.6 Å². The molecule has 2 N–H and O–H groups in total. The molecule has 5 rings (SSSR count). The van der Waals surface area contributed by atoms with Gasteiger partial charge >= 0.3 is 0 Å². The summed E-state index contributed by atoms with van der Waals surface area (Å²) < 4.78 is 0. The molecule has 5 aliphatic carbocycles. The lowest BCUT2D eigenvalue weighted by Crippen LogP contribution is -2.48. The summed E-state index contributed by atoms with van der Waals surface area (Å²) in [4.78, 5) is 12.3. The molecule has 1 amide bonds. The summed E-state index contributed by atoms with van der Waals surface area (Å²) in [5.41, 5.74) is 0.323. The van der Waals surface area contributed by atoms with Gasteiger partial charge in [-0.05, 0) is 80.5 Å². The van der Waals surface area contributed by atoms with Gasteiger partial charge in [-0.1, -0.05) is 0 Å². The Morgan fingerprint density at radius 2 is 1.65 bits per heavy atom. The third-order valence-corrected chi connectivity index (χ3v) is 6.38. The Morgan fingerprint density at radius 3 is 2.15 bits per heavy atom. The normalized spacial score (nSPS) is 43.5. The van der Waals surface area contributed by atoms with Crippen LogP contribution in [0.2, 0.25) is 0 Å². The maximum absolute atomic E-state index is 12.3. The Morgan fingerprint density at radius 1 is 1.10 bits per heavy atom. The van der Waals surface area contributed by atoms with Crippen molar-refractivity contribution < 1.29 is 9.90 Å². The molecule has 112 valence electrons. The van der Waals surface area contributed by atoms with Crippen LogP contribution in [-0.4, -0.2) is 23.7 Å². The van der Waals surface area contributed by atoms with E-state index in [4.69, 9.17) is 0 Å². The molecule has 0 spiro atoms. The fourth-order valence-corrected chi connectivity index (χ4v) is 5.78. The van der Waals surface area contributed by atoms with Crippen molar-refractivity contribution in [3.63, 3.8) is 0 Å². The Balaban J connectivity index is 1.32. The van der Waals surface area contributed by atoms with Gasteiger partial charge in [0, 0.05) is 13.0 Å². The molecule has 4 bridgehead atoms. The molecule has 0 heterocycles. The average Bonchev–Trinajstić information content (AvgIpc) is 3.17. The van der Waals surface area contributed by atoms with Gasteiger partial charge in [-0.3, -0.25) is 4.79 Å². The molecule has 0 aromatic heterocycles. The van der Waals surface area contributed by atoms with Crippen molar-refractivity contribution in [2.24, 2.45) is 29.1 Å². The summed E-state index contributed by atoms with van der Waals surface area (Å²) >= 11 is 0. The highest BCUT2D eigenvalue weighted by atomic mass is 16.3. The lowest BCUT2D eigenvalue weighted by molar-refractivity contribution is -0.129. The summed E-state index contributed by atoms with van der Waals surface area (Å²) in [5.74, 6) is 3.37. The highest BCUT2D eigenvalue weighted by Crippen LogP contribution is 2.61. The fraction of sp³-hybridized carbons (Fsp3) is 0.941. The zero-order valence-corrected chi connectivity index (χ0v) is 12.3. The van der Waals surface area contributed by atoms with Crippen molar-refractivity contribution in [2.75, 3.05) is 6.54 Å². The molecule has 3 heteroatoms. The SMILES string of the molecule is O=C(CC12CC3CC(CC(C3)C1)C2)NCC(O)C1CC1. The van der Waals surface area contributed by atoms with Crippen molar-refractivity contribution in [1.29, 1.82) is 0 Å². The number of nitrogens with one attached hydrogen (secondary N) is 1. The van der Waals surface area contributed by atoms with Crippen molar-refractivity contribution in [3.8, 4) is 0 Å². The Hall–Kier alpha value is -0.570. The van der Waals surface area contributed by atoms with Crippen LogP contribution in [-0.2, 0) is 4.79 Å². The summed E-state index contributed by atoms with van der Waals surface area (Å²) in [6.07, 6.45) is 10.8. The van der Waals surface area contributed by atoms with E-state index in [-0.39, 0.29) is 12.0 Å². The third-order valence-electron chi connectivity index (χ3n) is 6.38. The monoisotopic (exact) mass is 277 g/mol. The highest BCUT2D eigenvalue weighted by Gasteiger charge is 2.51. The fourth-order valence-electron chi connectivity index (χ4n) is 5.78. The minimum Gasteiger partial charge on any atom is -0.391 e. The maximum atomic E-state index is 12.3. The number of hydrogen-bond donors (Lipinski definition) is 2. The zero-order valence-electron chi connectivity index (χ0n) is 12.3. The van der Waals surface area contributed by atoms with Crippen LogP contribution in [0.1, 0.15) is 57.8 Å². The first-order valence-corrected chi connectivity index (χ1v) is 8.57. The van der Waals surface area contributed by atoms with E-state index in [1.54, 1.807) is 0 Å². The van der Waals surface area contributed by atoms with E-state index in [0.29, 0.717) is 24.3 Å². The van der Waals surface area contributed by atoms with Gasteiger partial charge in [-0.15, -0.1) is 0 Å². The first-order valence-electron chi connectivity index (χ1n) is 8.57. The van der Waals surface area contributed by atoms with Gasteiger partial charge in [-0.25, -0.2) is 0 Å². The molecule has 1 atom stereocenters. The number of carbonyl (C=O) groups is 1.